The highest BCUT2D eigenvalue weighted by Gasteiger charge is 2.45. The lowest BCUT2D eigenvalue weighted by Gasteiger charge is -2.38. The third-order valence-corrected chi connectivity index (χ3v) is 6.17. The molecule has 1 saturated carbocycles. The minimum atomic E-state index is -3.04. The molecule has 0 bridgehead atoms. The molecule has 1 aliphatic heterocycles. The van der Waals surface area contributed by atoms with Gasteiger partial charge in [-0.2, -0.15) is 0 Å². The van der Waals surface area contributed by atoms with E-state index in [-0.39, 0.29) is 24.1 Å². The van der Waals surface area contributed by atoms with E-state index >= 15 is 0 Å². The van der Waals surface area contributed by atoms with Crippen LogP contribution in [0.3, 0.4) is 0 Å². The van der Waals surface area contributed by atoms with Gasteiger partial charge in [0.15, 0.2) is 9.84 Å². The number of amides is 2. The van der Waals surface area contributed by atoms with Crippen LogP contribution in [0, 0.1) is 5.41 Å². The zero-order chi connectivity index (χ0) is 15.0. The minimum Gasteiger partial charge on any atom is -0.481 e. The molecule has 1 heterocycles. The Morgan fingerprint density at radius 2 is 2.05 bits per heavy atom. The van der Waals surface area contributed by atoms with E-state index in [0.29, 0.717) is 19.3 Å². The summed E-state index contributed by atoms with van der Waals surface area (Å²) >= 11 is 0. The summed E-state index contributed by atoms with van der Waals surface area (Å²) in [5.74, 6) is -0.787. The Morgan fingerprint density at radius 1 is 1.40 bits per heavy atom. The van der Waals surface area contributed by atoms with Gasteiger partial charge in [0, 0.05) is 19.6 Å². The molecule has 1 saturated heterocycles. The largest absolute Gasteiger partial charge is 0.481 e. The molecule has 2 aliphatic rings. The van der Waals surface area contributed by atoms with E-state index in [9.17, 15) is 23.1 Å². The molecule has 114 valence electrons. The van der Waals surface area contributed by atoms with Crippen LogP contribution in [-0.4, -0.2) is 61.6 Å². The Morgan fingerprint density at radius 3 is 2.45 bits per heavy atom. The molecule has 0 aromatic carbocycles. The van der Waals surface area contributed by atoms with Crippen molar-refractivity contribution in [3.05, 3.63) is 0 Å². The van der Waals surface area contributed by atoms with Crippen molar-refractivity contribution in [1.29, 1.82) is 0 Å². The molecule has 2 N–H and O–H groups in total. The topological polar surface area (TPSA) is 104 Å². The summed E-state index contributed by atoms with van der Waals surface area (Å²) in [4.78, 5) is 24.5. The second kappa shape index (κ2) is 5.23. The fourth-order valence-electron chi connectivity index (χ4n) is 2.69. The minimum absolute atomic E-state index is 0.0129. The van der Waals surface area contributed by atoms with Crippen LogP contribution in [-0.2, 0) is 14.6 Å². The summed E-state index contributed by atoms with van der Waals surface area (Å²) < 4.78 is 22.8. The average Bonchev–Trinajstić information content (AvgIpc) is 2.66. The lowest BCUT2D eigenvalue weighted by Crippen LogP contribution is -2.51. The molecule has 7 nitrogen and oxygen atoms in total. The van der Waals surface area contributed by atoms with Crippen molar-refractivity contribution in [2.45, 2.75) is 31.7 Å². The predicted molar refractivity (Wildman–Crippen MR) is 72.1 cm³/mol. The first-order valence-electron chi connectivity index (χ1n) is 6.70. The SMILES string of the molecule is CN(C(=O)NCC1(C(=O)O)CCC1)C1CCS(=O)(=O)C1. The van der Waals surface area contributed by atoms with Crippen LogP contribution in [0.4, 0.5) is 4.79 Å². The number of rotatable bonds is 4. The standard InChI is InChI=1S/C12H20N2O5S/c1-14(9-3-6-20(18,19)7-9)11(17)13-8-12(10(15)16)4-2-5-12/h9H,2-8H2,1H3,(H,13,17)(H,15,16). The summed E-state index contributed by atoms with van der Waals surface area (Å²) in [6.45, 7) is 0.102. The van der Waals surface area contributed by atoms with Crippen LogP contribution in [0.15, 0.2) is 0 Å². The number of nitrogens with zero attached hydrogens (tertiary/aromatic N) is 1. The number of nitrogens with one attached hydrogen (secondary N) is 1. The fraction of sp³-hybridized carbons (Fsp3) is 0.833. The number of urea groups is 1. The van der Waals surface area contributed by atoms with Gasteiger partial charge >= 0.3 is 12.0 Å². The Kier molecular flexibility index (Phi) is 3.95. The van der Waals surface area contributed by atoms with Gasteiger partial charge in [-0.05, 0) is 19.3 Å². The number of sulfone groups is 1. The normalized spacial score (nSPS) is 26.6. The molecule has 20 heavy (non-hydrogen) atoms. The average molecular weight is 304 g/mol. The molecule has 2 rings (SSSR count). The van der Waals surface area contributed by atoms with Gasteiger partial charge in [-0.15, -0.1) is 0 Å². The maximum atomic E-state index is 12.0. The quantitative estimate of drug-likeness (QED) is 0.765. The Balaban J connectivity index is 1.87. The first kappa shape index (κ1) is 15.1. The number of carboxylic acid groups (broad SMARTS) is 1. The van der Waals surface area contributed by atoms with Crippen LogP contribution in [0.25, 0.3) is 0 Å². The maximum Gasteiger partial charge on any atom is 0.317 e. The van der Waals surface area contributed by atoms with Gasteiger partial charge in [0.25, 0.3) is 0 Å². The Labute approximate surface area is 118 Å². The monoisotopic (exact) mass is 304 g/mol. The molecule has 0 aromatic rings. The highest BCUT2D eigenvalue weighted by Crippen LogP contribution is 2.40. The van der Waals surface area contributed by atoms with Crippen molar-refractivity contribution < 1.29 is 23.1 Å². The van der Waals surface area contributed by atoms with E-state index in [1.54, 1.807) is 7.05 Å². The molecule has 0 spiro atoms. The van der Waals surface area contributed by atoms with Gasteiger partial charge in [-0.3, -0.25) is 4.79 Å². The number of carbonyl (C=O) groups excluding carboxylic acids is 1. The zero-order valence-electron chi connectivity index (χ0n) is 11.5. The molecular weight excluding hydrogens is 284 g/mol. The number of hydrogen-bond donors (Lipinski definition) is 2. The molecule has 1 unspecified atom stereocenters. The van der Waals surface area contributed by atoms with Crippen LogP contribution >= 0.6 is 0 Å². The van der Waals surface area contributed by atoms with Gasteiger partial charge in [-0.1, -0.05) is 6.42 Å². The lowest BCUT2D eigenvalue weighted by molar-refractivity contribution is -0.153. The Bertz CT molecular complexity index is 512. The molecular formula is C12H20N2O5S. The van der Waals surface area contributed by atoms with E-state index in [1.807, 2.05) is 0 Å². The molecule has 2 fully saturated rings. The van der Waals surface area contributed by atoms with Crippen molar-refractivity contribution in [3.8, 4) is 0 Å². The van der Waals surface area contributed by atoms with Crippen LogP contribution in [0.5, 0.6) is 0 Å². The van der Waals surface area contributed by atoms with Crippen LogP contribution in [0.2, 0.25) is 0 Å². The Hall–Kier alpha value is -1.31. The molecule has 0 aromatic heterocycles. The second-order valence-electron chi connectivity index (χ2n) is 5.77. The molecule has 1 aliphatic carbocycles. The lowest BCUT2D eigenvalue weighted by atomic mass is 9.69. The molecule has 0 radical (unpaired) electrons. The molecule has 2 amide bonds. The first-order valence-corrected chi connectivity index (χ1v) is 8.52. The highest BCUT2D eigenvalue weighted by molar-refractivity contribution is 7.91. The van der Waals surface area contributed by atoms with Crippen LogP contribution in [0.1, 0.15) is 25.7 Å². The van der Waals surface area contributed by atoms with Crippen molar-refractivity contribution in [1.82, 2.24) is 10.2 Å². The van der Waals surface area contributed by atoms with E-state index in [1.165, 1.54) is 4.90 Å². The van der Waals surface area contributed by atoms with E-state index < -0.39 is 27.3 Å². The number of aliphatic carboxylic acids is 1. The second-order valence-corrected chi connectivity index (χ2v) is 7.99. The number of carbonyl (C=O) groups is 2. The summed E-state index contributed by atoms with van der Waals surface area (Å²) in [5, 5.41) is 11.8. The van der Waals surface area contributed by atoms with Gasteiger partial charge < -0.3 is 15.3 Å². The van der Waals surface area contributed by atoms with Gasteiger partial charge in [0.2, 0.25) is 0 Å². The third kappa shape index (κ3) is 2.89. The number of carboxylic acids is 1. The van der Waals surface area contributed by atoms with Crippen molar-refractivity contribution >= 4 is 21.8 Å². The van der Waals surface area contributed by atoms with Gasteiger partial charge in [0.1, 0.15) is 0 Å². The fourth-order valence-corrected chi connectivity index (χ4v) is 4.46. The van der Waals surface area contributed by atoms with E-state index in [0.717, 1.165) is 6.42 Å². The predicted octanol–water partition coefficient (Wildman–Crippen LogP) is 0.0698. The summed E-state index contributed by atoms with van der Waals surface area (Å²) in [7, 11) is -1.49. The third-order valence-electron chi connectivity index (χ3n) is 4.42. The highest BCUT2D eigenvalue weighted by atomic mass is 32.2. The van der Waals surface area contributed by atoms with Gasteiger partial charge in [0.05, 0.1) is 16.9 Å². The van der Waals surface area contributed by atoms with Crippen molar-refractivity contribution in [3.63, 3.8) is 0 Å². The summed E-state index contributed by atoms with van der Waals surface area (Å²) in [6, 6.07) is -0.721. The zero-order valence-corrected chi connectivity index (χ0v) is 12.3. The van der Waals surface area contributed by atoms with Crippen molar-refractivity contribution in [2.24, 2.45) is 5.41 Å². The number of hydrogen-bond acceptors (Lipinski definition) is 4. The summed E-state index contributed by atoms with van der Waals surface area (Å²) in [6.07, 6.45) is 2.45. The van der Waals surface area contributed by atoms with E-state index in [2.05, 4.69) is 5.32 Å². The van der Waals surface area contributed by atoms with Crippen molar-refractivity contribution in [2.75, 3.05) is 25.1 Å². The molecule has 8 heteroatoms. The smallest absolute Gasteiger partial charge is 0.317 e. The summed E-state index contributed by atoms with van der Waals surface area (Å²) in [5.41, 5.74) is -0.835. The first-order chi connectivity index (χ1) is 9.26. The van der Waals surface area contributed by atoms with E-state index in [4.69, 9.17) is 0 Å². The molecule has 1 atom stereocenters. The van der Waals surface area contributed by atoms with Crippen LogP contribution < -0.4 is 5.32 Å². The maximum absolute atomic E-state index is 12.0. The van der Waals surface area contributed by atoms with Gasteiger partial charge in [-0.25, -0.2) is 13.2 Å².